The van der Waals surface area contributed by atoms with E-state index in [2.05, 4.69) is 20.1 Å². The van der Waals surface area contributed by atoms with Gasteiger partial charge in [0.1, 0.15) is 12.4 Å². The van der Waals surface area contributed by atoms with E-state index in [-0.39, 0.29) is 5.82 Å². The molecule has 2 aromatic heterocycles. The molecule has 0 saturated carbocycles. The van der Waals surface area contributed by atoms with Crippen molar-refractivity contribution in [2.75, 3.05) is 0 Å². The summed E-state index contributed by atoms with van der Waals surface area (Å²) in [4.78, 5) is 12.2. The smallest absolute Gasteiger partial charge is 0.252 e. The van der Waals surface area contributed by atoms with E-state index in [4.69, 9.17) is 5.26 Å². The van der Waals surface area contributed by atoms with Gasteiger partial charge in [-0.3, -0.25) is 4.98 Å². The molecule has 0 aliphatic rings. The van der Waals surface area contributed by atoms with Gasteiger partial charge in [0, 0.05) is 6.20 Å². The standard InChI is InChI=1S/C9H8N6/c1-6-4-11-7(2)9(13-6)15-5-12-8(3-10)14-15/h4-5H,1-2H3. The summed E-state index contributed by atoms with van der Waals surface area (Å²) in [5, 5.41) is 12.5. The molecule has 74 valence electrons. The number of nitriles is 1. The lowest BCUT2D eigenvalue weighted by Gasteiger charge is -2.03. The third-order valence-corrected chi connectivity index (χ3v) is 1.86. The molecule has 0 radical (unpaired) electrons. The molecular weight excluding hydrogens is 192 g/mol. The average molecular weight is 200 g/mol. The van der Waals surface area contributed by atoms with Crippen molar-refractivity contribution in [2.45, 2.75) is 13.8 Å². The van der Waals surface area contributed by atoms with Crippen molar-refractivity contribution < 1.29 is 0 Å². The maximum absolute atomic E-state index is 8.60. The summed E-state index contributed by atoms with van der Waals surface area (Å²) < 4.78 is 1.45. The fraction of sp³-hybridized carbons (Fsp3) is 0.222. The normalized spacial score (nSPS) is 9.93. The van der Waals surface area contributed by atoms with Crippen LogP contribution in [0.4, 0.5) is 0 Å². The van der Waals surface area contributed by atoms with Crippen molar-refractivity contribution >= 4 is 0 Å². The topological polar surface area (TPSA) is 80.3 Å². The first kappa shape index (κ1) is 9.27. The molecule has 15 heavy (non-hydrogen) atoms. The summed E-state index contributed by atoms with van der Waals surface area (Å²) in [5.74, 6) is 0.724. The molecule has 0 aliphatic heterocycles. The van der Waals surface area contributed by atoms with Gasteiger partial charge in [-0.15, -0.1) is 5.10 Å². The molecule has 0 amide bonds. The Morgan fingerprint density at radius 3 is 2.80 bits per heavy atom. The lowest BCUT2D eigenvalue weighted by atomic mass is 10.4. The predicted molar refractivity (Wildman–Crippen MR) is 51.1 cm³/mol. The Bertz CT molecular complexity index is 536. The van der Waals surface area contributed by atoms with Gasteiger partial charge in [-0.2, -0.15) is 9.94 Å². The zero-order valence-corrected chi connectivity index (χ0v) is 8.34. The van der Waals surface area contributed by atoms with Gasteiger partial charge in [0.05, 0.1) is 11.4 Å². The van der Waals surface area contributed by atoms with E-state index in [0.29, 0.717) is 5.82 Å². The molecule has 0 spiro atoms. The molecule has 0 N–H and O–H groups in total. The Balaban J connectivity index is 2.54. The van der Waals surface area contributed by atoms with E-state index < -0.39 is 0 Å². The predicted octanol–water partition coefficient (Wildman–Crippen LogP) is 0.546. The summed E-state index contributed by atoms with van der Waals surface area (Å²) in [6, 6.07) is 1.86. The van der Waals surface area contributed by atoms with E-state index in [0.717, 1.165) is 11.4 Å². The van der Waals surface area contributed by atoms with Crippen LogP contribution in [0.15, 0.2) is 12.5 Å². The van der Waals surface area contributed by atoms with Crippen molar-refractivity contribution in [3.63, 3.8) is 0 Å². The van der Waals surface area contributed by atoms with Crippen molar-refractivity contribution in [3.8, 4) is 11.9 Å². The Morgan fingerprint density at radius 1 is 1.33 bits per heavy atom. The molecule has 2 aromatic rings. The number of rotatable bonds is 1. The molecule has 0 aromatic carbocycles. The first-order valence-corrected chi connectivity index (χ1v) is 4.33. The van der Waals surface area contributed by atoms with Crippen LogP contribution in [0.1, 0.15) is 17.2 Å². The fourth-order valence-electron chi connectivity index (χ4n) is 1.16. The number of aromatic nitrogens is 5. The summed E-state index contributed by atoms with van der Waals surface area (Å²) >= 11 is 0. The summed E-state index contributed by atoms with van der Waals surface area (Å²) in [6.45, 7) is 3.67. The first-order valence-electron chi connectivity index (χ1n) is 4.33. The second kappa shape index (κ2) is 3.46. The highest BCUT2D eigenvalue weighted by molar-refractivity contribution is 5.27. The van der Waals surface area contributed by atoms with Crippen molar-refractivity contribution in [1.82, 2.24) is 24.7 Å². The number of hydrogen-bond acceptors (Lipinski definition) is 5. The fourth-order valence-corrected chi connectivity index (χ4v) is 1.16. The molecule has 0 aliphatic carbocycles. The number of nitrogens with zero attached hydrogens (tertiary/aromatic N) is 6. The van der Waals surface area contributed by atoms with Gasteiger partial charge in [0.2, 0.25) is 0 Å². The second-order valence-corrected chi connectivity index (χ2v) is 3.04. The number of hydrogen-bond donors (Lipinski definition) is 0. The third-order valence-electron chi connectivity index (χ3n) is 1.86. The molecule has 0 saturated heterocycles. The zero-order valence-electron chi connectivity index (χ0n) is 8.34. The minimum atomic E-state index is 0.123. The molecule has 0 atom stereocenters. The first-order chi connectivity index (χ1) is 7.20. The minimum Gasteiger partial charge on any atom is -0.256 e. The SMILES string of the molecule is Cc1cnc(C)c(-n2cnc(C#N)n2)n1. The molecule has 2 heterocycles. The van der Waals surface area contributed by atoms with E-state index >= 15 is 0 Å². The molecule has 0 unspecified atom stereocenters. The van der Waals surface area contributed by atoms with Crippen LogP contribution in [0.5, 0.6) is 0 Å². The molecule has 0 fully saturated rings. The van der Waals surface area contributed by atoms with E-state index in [1.165, 1.54) is 11.0 Å². The zero-order chi connectivity index (χ0) is 10.8. The van der Waals surface area contributed by atoms with Crippen LogP contribution < -0.4 is 0 Å². The number of aryl methyl sites for hydroxylation is 2. The van der Waals surface area contributed by atoms with Gasteiger partial charge in [-0.25, -0.2) is 9.97 Å². The monoisotopic (exact) mass is 200 g/mol. The average Bonchev–Trinajstić information content (AvgIpc) is 2.70. The van der Waals surface area contributed by atoms with E-state index in [9.17, 15) is 0 Å². The van der Waals surface area contributed by atoms with Crippen molar-refractivity contribution in [1.29, 1.82) is 5.26 Å². The van der Waals surface area contributed by atoms with E-state index in [1.807, 2.05) is 19.9 Å². The molecule has 6 nitrogen and oxygen atoms in total. The van der Waals surface area contributed by atoms with Crippen LogP contribution in [0, 0.1) is 25.2 Å². The maximum atomic E-state index is 8.60. The van der Waals surface area contributed by atoms with Crippen LogP contribution in [0.2, 0.25) is 0 Å². The highest BCUT2D eigenvalue weighted by atomic mass is 15.4. The molecule has 2 rings (SSSR count). The maximum Gasteiger partial charge on any atom is 0.252 e. The van der Waals surface area contributed by atoms with Crippen molar-refractivity contribution in [2.24, 2.45) is 0 Å². The van der Waals surface area contributed by atoms with E-state index in [1.54, 1.807) is 6.20 Å². The summed E-state index contributed by atoms with van der Waals surface area (Å²) in [7, 11) is 0. The van der Waals surface area contributed by atoms with Crippen LogP contribution >= 0.6 is 0 Å². The third kappa shape index (κ3) is 1.67. The lowest BCUT2D eigenvalue weighted by molar-refractivity contribution is 0.810. The van der Waals surface area contributed by atoms with Crippen LogP contribution in [0.3, 0.4) is 0 Å². The minimum absolute atomic E-state index is 0.123. The molecule has 0 bridgehead atoms. The summed E-state index contributed by atoms with van der Waals surface area (Å²) in [6.07, 6.45) is 3.13. The van der Waals surface area contributed by atoms with Gasteiger partial charge >= 0.3 is 0 Å². The lowest BCUT2D eigenvalue weighted by Crippen LogP contribution is -2.04. The second-order valence-electron chi connectivity index (χ2n) is 3.04. The highest BCUT2D eigenvalue weighted by Crippen LogP contribution is 2.07. The van der Waals surface area contributed by atoms with Gasteiger partial charge < -0.3 is 0 Å². The van der Waals surface area contributed by atoms with Crippen molar-refractivity contribution in [3.05, 3.63) is 29.7 Å². The molecule has 6 heteroatoms. The Kier molecular flexibility index (Phi) is 2.14. The quantitative estimate of drug-likeness (QED) is 0.671. The van der Waals surface area contributed by atoms with Crippen LogP contribution in [-0.2, 0) is 0 Å². The van der Waals surface area contributed by atoms with Gasteiger partial charge in [-0.05, 0) is 13.8 Å². The Hall–Kier alpha value is -2.29. The van der Waals surface area contributed by atoms with Gasteiger partial charge in [0.15, 0.2) is 5.82 Å². The van der Waals surface area contributed by atoms with Gasteiger partial charge in [0.25, 0.3) is 5.82 Å². The molecular formula is C9H8N6. The Morgan fingerprint density at radius 2 is 2.13 bits per heavy atom. The Labute approximate surface area is 86.2 Å². The van der Waals surface area contributed by atoms with Crippen LogP contribution in [0.25, 0.3) is 5.82 Å². The van der Waals surface area contributed by atoms with Crippen LogP contribution in [-0.4, -0.2) is 24.7 Å². The van der Waals surface area contributed by atoms with Gasteiger partial charge in [-0.1, -0.05) is 0 Å². The summed E-state index contributed by atoms with van der Waals surface area (Å²) in [5.41, 5.74) is 1.54. The largest absolute Gasteiger partial charge is 0.256 e. The highest BCUT2D eigenvalue weighted by Gasteiger charge is 2.07.